The van der Waals surface area contributed by atoms with Gasteiger partial charge in [0.15, 0.2) is 0 Å². The van der Waals surface area contributed by atoms with Crippen molar-refractivity contribution >= 4 is 5.57 Å². The van der Waals surface area contributed by atoms with Crippen molar-refractivity contribution in [1.82, 2.24) is 9.88 Å². The van der Waals surface area contributed by atoms with Crippen LogP contribution in [0, 0.1) is 0 Å². The van der Waals surface area contributed by atoms with Crippen molar-refractivity contribution in [1.29, 1.82) is 0 Å². The largest absolute Gasteiger partial charge is 0.300 e. The first-order valence-corrected chi connectivity index (χ1v) is 8.30. The van der Waals surface area contributed by atoms with Gasteiger partial charge in [-0.05, 0) is 55.6 Å². The Morgan fingerprint density at radius 2 is 1.86 bits per heavy atom. The minimum atomic E-state index is 1.02. The third-order valence-corrected chi connectivity index (χ3v) is 4.37. The van der Waals surface area contributed by atoms with Gasteiger partial charge < -0.3 is 0 Å². The van der Waals surface area contributed by atoms with E-state index in [1.165, 1.54) is 42.6 Å². The molecule has 0 amide bonds. The molecule has 0 spiro atoms. The van der Waals surface area contributed by atoms with Gasteiger partial charge in [-0.25, -0.2) is 0 Å². The molecule has 0 radical (unpaired) electrons. The van der Waals surface area contributed by atoms with E-state index in [4.69, 9.17) is 0 Å². The molecule has 0 saturated carbocycles. The molecule has 3 rings (SSSR count). The second-order valence-corrected chi connectivity index (χ2v) is 5.89. The van der Waals surface area contributed by atoms with Gasteiger partial charge in [-0.15, -0.1) is 0 Å². The van der Waals surface area contributed by atoms with Crippen molar-refractivity contribution in [3.63, 3.8) is 0 Å². The highest BCUT2D eigenvalue weighted by molar-refractivity contribution is 5.78. The van der Waals surface area contributed by atoms with Gasteiger partial charge >= 0.3 is 0 Å². The molecule has 1 aromatic carbocycles. The highest BCUT2D eigenvalue weighted by Gasteiger charge is 2.11. The summed E-state index contributed by atoms with van der Waals surface area (Å²) in [5, 5.41) is 0. The standard InChI is InChI=1S/C20H24N2/c1-2-17-8-10-18(11-9-17)19(20-7-3-4-13-21-20)12-16-22-14-5-6-15-22/h3-4,7-13H,2,5-6,14-16H2,1H3. The van der Waals surface area contributed by atoms with Gasteiger partial charge in [0.05, 0.1) is 5.69 Å². The number of hydrogen-bond acceptors (Lipinski definition) is 2. The van der Waals surface area contributed by atoms with E-state index < -0.39 is 0 Å². The first kappa shape index (κ1) is 15.0. The fourth-order valence-corrected chi connectivity index (χ4v) is 3.00. The Labute approximate surface area is 133 Å². The summed E-state index contributed by atoms with van der Waals surface area (Å²) in [6.45, 7) is 5.65. The molecule has 2 heteroatoms. The zero-order valence-electron chi connectivity index (χ0n) is 13.3. The lowest BCUT2D eigenvalue weighted by atomic mass is 9.99. The van der Waals surface area contributed by atoms with E-state index in [0.29, 0.717) is 0 Å². The normalized spacial score (nSPS) is 16.1. The van der Waals surface area contributed by atoms with Crippen molar-refractivity contribution in [2.75, 3.05) is 19.6 Å². The van der Waals surface area contributed by atoms with E-state index in [0.717, 1.165) is 18.7 Å². The number of pyridine rings is 1. The fraction of sp³-hybridized carbons (Fsp3) is 0.350. The average molecular weight is 292 g/mol. The molecule has 1 aliphatic heterocycles. The predicted molar refractivity (Wildman–Crippen MR) is 92.8 cm³/mol. The molecule has 0 atom stereocenters. The Bertz CT molecular complexity index is 608. The molecule has 2 nitrogen and oxygen atoms in total. The van der Waals surface area contributed by atoms with Gasteiger partial charge in [0.2, 0.25) is 0 Å². The van der Waals surface area contributed by atoms with Crippen molar-refractivity contribution in [3.05, 3.63) is 71.6 Å². The zero-order chi connectivity index (χ0) is 15.2. The molecule has 1 fully saturated rings. The van der Waals surface area contributed by atoms with Crippen LogP contribution in [0.5, 0.6) is 0 Å². The molecular weight excluding hydrogens is 268 g/mol. The van der Waals surface area contributed by atoms with Crippen LogP contribution in [0.25, 0.3) is 5.57 Å². The third-order valence-electron chi connectivity index (χ3n) is 4.37. The van der Waals surface area contributed by atoms with Crippen molar-refractivity contribution in [2.24, 2.45) is 0 Å². The smallest absolute Gasteiger partial charge is 0.0705 e. The fourth-order valence-electron chi connectivity index (χ4n) is 3.00. The minimum absolute atomic E-state index is 1.02. The molecule has 1 aliphatic rings. The zero-order valence-corrected chi connectivity index (χ0v) is 13.3. The number of rotatable bonds is 5. The van der Waals surface area contributed by atoms with Crippen molar-refractivity contribution < 1.29 is 0 Å². The maximum absolute atomic E-state index is 4.56. The van der Waals surface area contributed by atoms with Gasteiger partial charge in [0.1, 0.15) is 0 Å². The summed E-state index contributed by atoms with van der Waals surface area (Å²) >= 11 is 0. The molecule has 0 N–H and O–H groups in total. The lowest BCUT2D eigenvalue weighted by Gasteiger charge is -2.14. The monoisotopic (exact) mass is 292 g/mol. The summed E-state index contributed by atoms with van der Waals surface area (Å²) in [5.41, 5.74) is 4.94. The van der Waals surface area contributed by atoms with Crippen LogP contribution < -0.4 is 0 Å². The van der Waals surface area contributed by atoms with E-state index in [2.05, 4.69) is 59.3 Å². The second-order valence-electron chi connectivity index (χ2n) is 5.89. The van der Waals surface area contributed by atoms with Crippen LogP contribution in [-0.4, -0.2) is 29.5 Å². The molecular formula is C20H24N2. The van der Waals surface area contributed by atoms with Crippen LogP contribution in [0.3, 0.4) is 0 Å². The number of benzene rings is 1. The molecule has 1 aromatic heterocycles. The van der Waals surface area contributed by atoms with Gasteiger partial charge in [-0.2, -0.15) is 0 Å². The third kappa shape index (κ3) is 3.63. The van der Waals surface area contributed by atoms with Crippen molar-refractivity contribution in [3.8, 4) is 0 Å². The van der Waals surface area contributed by atoms with Gasteiger partial charge in [0, 0.05) is 18.3 Å². The maximum Gasteiger partial charge on any atom is 0.0705 e. The Morgan fingerprint density at radius 3 is 2.50 bits per heavy atom. The Hall–Kier alpha value is -1.93. The average Bonchev–Trinajstić information content (AvgIpc) is 3.10. The number of hydrogen-bond donors (Lipinski definition) is 0. The van der Waals surface area contributed by atoms with Crippen LogP contribution >= 0.6 is 0 Å². The summed E-state index contributed by atoms with van der Waals surface area (Å²) in [6.07, 6.45) is 7.96. The van der Waals surface area contributed by atoms with Crippen LogP contribution in [-0.2, 0) is 6.42 Å². The van der Waals surface area contributed by atoms with E-state index in [1.807, 2.05) is 12.3 Å². The molecule has 2 heterocycles. The van der Waals surface area contributed by atoms with Gasteiger partial charge in [-0.3, -0.25) is 9.88 Å². The first-order chi connectivity index (χ1) is 10.9. The van der Waals surface area contributed by atoms with Gasteiger partial charge in [-0.1, -0.05) is 43.3 Å². The van der Waals surface area contributed by atoms with Gasteiger partial charge in [0.25, 0.3) is 0 Å². The summed E-state index contributed by atoms with van der Waals surface area (Å²) in [6, 6.07) is 15.0. The summed E-state index contributed by atoms with van der Waals surface area (Å²) in [4.78, 5) is 7.07. The molecule has 2 aromatic rings. The lowest BCUT2D eigenvalue weighted by molar-refractivity contribution is 0.377. The Balaban J connectivity index is 1.89. The molecule has 114 valence electrons. The lowest BCUT2D eigenvalue weighted by Crippen LogP contribution is -2.19. The Morgan fingerprint density at radius 1 is 1.09 bits per heavy atom. The summed E-state index contributed by atoms with van der Waals surface area (Å²) in [5.74, 6) is 0. The number of aryl methyl sites for hydroxylation is 1. The number of likely N-dealkylation sites (tertiary alicyclic amines) is 1. The predicted octanol–water partition coefficient (Wildman–Crippen LogP) is 4.17. The highest BCUT2D eigenvalue weighted by atomic mass is 15.1. The topological polar surface area (TPSA) is 16.1 Å². The summed E-state index contributed by atoms with van der Waals surface area (Å²) in [7, 11) is 0. The van der Waals surface area contributed by atoms with Crippen molar-refractivity contribution in [2.45, 2.75) is 26.2 Å². The Kier molecular flexibility index (Phi) is 5.02. The van der Waals surface area contributed by atoms with E-state index in [-0.39, 0.29) is 0 Å². The SMILES string of the molecule is CCc1ccc(C(=CCN2CCCC2)c2ccccn2)cc1. The molecule has 0 unspecified atom stereocenters. The second kappa shape index (κ2) is 7.37. The number of nitrogens with zero attached hydrogens (tertiary/aromatic N) is 2. The molecule has 1 saturated heterocycles. The first-order valence-electron chi connectivity index (χ1n) is 8.30. The maximum atomic E-state index is 4.56. The van der Waals surface area contributed by atoms with Crippen LogP contribution in [0.1, 0.15) is 36.6 Å². The summed E-state index contributed by atoms with van der Waals surface area (Å²) < 4.78 is 0. The van der Waals surface area contributed by atoms with E-state index >= 15 is 0 Å². The van der Waals surface area contributed by atoms with E-state index in [1.54, 1.807) is 0 Å². The quantitative estimate of drug-likeness (QED) is 0.822. The van der Waals surface area contributed by atoms with Crippen LogP contribution in [0.2, 0.25) is 0 Å². The van der Waals surface area contributed by atoms with Crippen LogP contribution in [0.4, 0.5) is 0 Å². The molecule has 22 heavy (non-hydrogen) atoms. The molecule has 0 bridgehead atoms. The van der Waals surface area contributed by atoms with E-state index in [9.17, 15) is 0 Å². The van der Waals surface area contributed by atoms with Crippen LogP contribution in [0.15, 0.2) is 54.7 Å². The minimum Gasteiger partial charge on any atom is -0.300 e. The highest BCUT2D eigenvalue weighted by Crippen LogP contribution is 2.23. The molecule has 0 aliphatic carbocycles. The number of aromatic nitrogens is 1.